The molecule has 0 aliphatic heterocycles. The van der Waals surface area contributed by atoms with Crippen molar-refractivity contribution in [2.45, 2.75) is 45.6 Å². The molecule has 19 heavy (non-hydrogen) atoms. The van der Waals surface area contributed by atoms with E-state index in [2.05, 4.69) is 26.1 Å². The first-order valence-corrected chi connectivity index (χ1v) is 7.13. The van der Waals surface area contributed by atoms with Crippen LogP contribution >= 0.6 is 0 Å². The Morgan fingerprint density at radius 2 is 1.89 bits per heavy atom. The third-order valence-corrected chi connectivity index (χ3v) is 3.60. The number of hydrogen-bond donors (Lipinski definition) is 2. The Kier molecular flexibility index (Phi) is 6.57. The van der Waals surface area contributed by atoms with E-state index in [1.54, 1.807) is 0 Å². The monoisotopic (exact) mass is 262 g/mol. The van der Waals surface area contributed by atoms with Crippen molar-refractivity contribution in [1.29, 1.82) is 0 Å². The van der Waals surface area contributed by atoms with Gasteiger partial charge in [-0.15, -0.1) is 0 Å². The first-order chi connectivity index (χ1) is 9.08. The second-order valence-corrected chi connectivity index (χ2v) is 5.36. The van der Waals surface area contributed by atoms with Crippen LogP contribution in [-0.4, -0.2) is 18.5 Å². The molecule has 0 aliphatic rings. The fourth-order valence-corrected chi connectivity index (χ4v) is 2.25. The molecule has 0 spiro atoms. The summed E-state index contributed by atoms with van der Waals surface area (Å²) in [4.78, 5) is 12.3. The molecule has 1 aromatic carbocycles. The van der Waals surface area contributed by atoms with Crippen molar-refractivity contribution in [3.63, 3.8) is 0 Å². The summed E-state index contributed by atoms with van der Waals surface area (Å²) in [5.41, 5.74) is 6.73. The molecule has 0 bridgehead atoms. The largest absolute Gasteiger partial charge is 0.353 e. The zero-order valence-corrected chi connectivity index (χ0v) is 12.2. The van der Waals surface area contributed by atoms with Crippen LogP contribution in [0.4, 0.5) is 0 Å². The first kappa shape index (κ1) is 15.7. The van der Waals surface area contributed by atoms with Crippen LogP contribution in [0.2, 0.25) is 0 Å². The molecule has 0 radical (unpaired) electrons. The van der Waals surface area contributed by atoms with Gasteiger partial charge in [-0.25, -0.2) is 0 Å². The number of nitrogens with two attached hydrogens (primary N) is 1. The van der Waals surface area contributed by atoms with E-state index in [0.717, 1.165) is 18.4 Å². The summed E-state index contributed by atoms with van der Waals surface area (Å²) in [6.07, 6.45) is 2.15. The van der Waals surface area contributed by atoms with E-state index in [4.69, 9.17) is 5.73 Å². The van der Waals surface area contributed by atoms with E-state index in [1.807, 2.05) is 30.3 Å². The summed E-state index contributed by atoms with van der Waals surface area (Å²) < 4.78 is 0. The Morgan fingerprint density at radius 3 is 2.42 bits per heavy atom. The van der Waals surface area contributed by atoms with Crippen molar-refractivity contribution < 1.29 is 4.79 Å². The van der Waals surface area contributed by atoms with Gasteiger partial charge < -0.3 is 11.1 Å². The SMILES string of the molecule is CCC(C)CC(C)NC(=O)C(CN)c1ccccc1. The molecule has 1 rings (SSSR count). The van der Waals surface area contributed by atoms with Gasteiger partial charge >= 0.3 is 0 Å². The number of carbonyl (C=O) groups is 1. The maximum atomic E-state index is 12.3. The molecule has 3 atom stereocenters. The summed E-state index contributed by atoms with van der Waals surface area (Å²) in [6, 6.07) is 9.93. The number of rotatable bonds is 7. The van der Waals surface area contributed by atoms with E-state index < -0.39 is 0 Å². The van der Waals surface area contributed by atoms with Gasteiger partial charge in [0.25, 0.3) is 0 Å². The van der Waals surface area contributed by atoms with Gasteiger partial charge in [0, 0.05) is 12.6 Å². The van der Waals surface area contributed by atoms with Crippen molar-refractivity contribution in [3.05, 3.63) is 35.9 Å². The Morgan fingerprint density at radius 1 is 1.26 bits per heavy atom. The van der Waals surface area contributed by atoms with Gasteiger partial charge in [0.05, 0.1) is 5.92 Å². The predicted octanol–water partition coefficient (Wildman–Crippen LogP) is 2.67. The summed E-state index contributed by atoms with van der Waals surface area (Å²) in [5, 5.41) is 3.08. The zero-order chi connectivity index (χ0) is 14.3. The Bertz CT molecular complexity index is 378. The third-order valence-electron chi connectivity index (χ3n) is 3.60. The van der Waals surface area contributed by atoms with Crippen molar-refractivity contribution in [3.8, 4) is 0 Å². The summed E-state index contributed by atoms with van der Waals surface area (Å²) in [7, 11) is 0. The molecular formula is C16H26N2O. The summed E-state index contributed by atoms with van der Waals surface area (Å²) >= 11 is 0. The van der Waals surface area contributed by atoms with Crippen LogP contribution in [-0.2, 0) is 4.79 Å². The Balaban J connectivity index is 2.60. The minimum Gasteiger partial charge on any atom is -0.353 e. The highest BCUT2D eigenvalue weighted by Crippen LogP contribution is 2.16. The van der Waals surface area contributed by atoms with Crippen LogP contribution in [0.5, 0.6) is 0 Å². The third kappa shape index (κ3) is 5.03. The first-order valence-electron chi connectivity index (χ1n) is 7.13. The highest BCUT2D eigenvalue weighted by molar-refractivity contribution is 5.84. The molecule has 106 valence electrons. The van der Waals surface area contributed by atoms with E-state index in [-0.39, 0.29) is 17.9 Å². The number of benzene rings is 1. The summed E-state index contributed by atoms with van der Waals surface area (Å²) in [5.74, 6) is 0.411. The molecule has 3 unspecified atom stereocenters. The second-order valence-electron chi connectivity index (χ2n) is 5.36. The van der Waals surface area contributed by atoms with Gasteiger partial charge in [0.2, 0.25) is 5.91 Å². The second kappa shape index (κ2) is 7.95. The number of carbonyl (C=O) groups excluding carboxylic acids is 1. The lowest BCUT2D eigenvalue weighted by atomic mass is 9.96. The van der Waals surface area contributed by atoms with Crippen LogP contribution < -0.4 is 11.1 Å². The topological polar surface area (TPSA) is 55.1 Å². The lowest BCUT2D eigenvalue weighted by Gasteiger charge is -2.21. The minimum absolute atomic E-state index is 0.0319. The van der Waals surface area contributed by atoms with Crippen molar-refractivity contribution in [2.75, 3.05) is 6.54 Å². The maximum absolute atomic E-state index is 12.3. The van der Waals surface area contributed by atoms with Crippen LogP contribution in [0.1, 0.15) is 45.1 Å². The quantitative estimate of drug-likeness (QED) is 0.793. The molecule has 0 aliphatic carbocycles. The lowest BCUT2D eigenvalue weighted by molar-refractivity contribution is -0.123. The highest BCUT2D eigenvalue weighted by atomic mass is 16.1. The number of nitrogens with one attached hydrogen (secondary N) is 1. The standard InChI is InChI=1S/C16H26N2O/c1-4-12(2)10-13(3)18-16(19)15(11-17)14-8-6-5-7-9-14/h5-9,12-13,15H,4,10-11,17H2,1-3H3,(H,18,19). The minimum atomic E-state index is -0.249. The molecule has 1 aromatic rings. The number of hydrogen-bond acceptors (Lipinski definition) is 2. The average molecular weight is 262 g/mol. The lowest BCUT2D eigenvalue weighted by Crippen LogP contribution is -2.39. The van der Waals surface area contributed by atoms with Gasteiger partial charge in [-0.2, -0.15) is 0 Å². The molecule has 0 saturated carbocycles. The van der Waals surface area contributed by atoms with Gasteiger partial charge in [0.15, 0.2) is 0 Å². The predicted molar refractivity (Wildman–Crippen MR) is 79.9 cm³/mol. The molecule has 3 N–H and O–H groups in total. The molecule has 0 saturated heterocycles. The smallest absolute Gasteiger partial charge is 0.229 e. The van der Waals surface area contributed by atoms with Gasteiger partial charge in [-0.3, -0.25) is 4.79 Å². The van der Waals surface area contributed by atoms with Gasteiger partial charge in [0.1, 0.15) is 0 Å². The summed E-state index contributed by atoms with van der Waals surface area (Å²) in [6.45, 7) is 6.78. The molecule has 3 heteroatoms. The zero-order valence-electron chi connectivity index (χ0n) is 12.2. The van der Waals surface area contributed by atoms with Crippen LogP contribution in [0.15, 0.2) is 30.3 Å². The fraction of sp³-hybridized carbons (Fsp3) is 0.562. The highest BCUT2D eigenvalue weighted by Gasteiger charge is 2.20. The van der Waals surface area contributed by atoms with E-state index in [9.17, 15) is 4.79 Å². The maximum Gasteiger partial charge on any atom is 0.229 e. The molecule has 0 fully saturated rings. The van der Waals surface area contributed by atoms with Gasteiger partial charge in [-0.05, 0) is 24.8 Å². The van der Waals surface area contributed by atoms with Crippen molar-refractivity contribution >= 4 is 5.91 Å². The Hall–Kier alpha value is -1.35. The van der Waals surface area contributed by atoms with E-state index in [1.165, 1.54) is 0 Å². The van der Waals surface area contributed by atoms with E-state index in [0.29, 0.717) is 12.5 Å². The van der Waals surface area contributed by atoms with Crippen molar-refractivity contribution in [2.24, 2.45) is 11.7 Å². The molecule has 3 nitrogen and oxygen atoms in total. The normalized spacial score (nSPS) is 15.6. The molecule has 0 heterocycles. The Labute approximate surface area is 116 Å². The van der Waals surface area contributed by atoms with Crippen LogP contribution in [0, 0.1) is 5.92 Å². The number of amides is 1. The van der Waals surface area contributed by atoms with Crippen molar-refractivity contribution in [1.82, 2.24) is 5.32 Å². The average Bonchev–Trinajstić information content (AvgIpc) is 2.40. The molecule has 0 aromatic heterocycles. The van der Waals surface area contributed by atoms with Gasteiger partial charge in [-0.1, -0.05) is 50.6 Å². The molecular weight excluding hydrogens is 236 g/mol. The fourth-order valence-electron chi connectivity index (χ4n) is 2.25. The van der Waals surface area contributed by atoms with Crippen LogP contribution in [0.3, 0.4) is 0 Å². The van der Waals surface area contributed by atoms with E-state index >= 15 is 0 Å². The van der Waals surface area contributed by atoms with Crippen LogP contribution in [0.25, 0.3) is 0 Å². The molecule has 1 amide bonds.